The molecule has 3 atom stereocenters. The number of ether oxygens (including phenoxy) is 1. The fraction of sp³-hybridized carbons (Fsp3) is 0.419. The molecule has 0 aliphatic carbocycles. The van der Waals surface area contributed by atoms with E-state index in [1.54, 1.807) is 37.3 Å². The monoisotopic (exact) mass is 629 g/mol. The molecule has 5 N–H and O–H groups in total. The first-order valence-electron chi connectivity index (χ1n) is 14.4. The van der Waals surface area contributed by atoms with E-state index in [0.29, 0.717) is 16.3 Å². The zero-order chi connectivity index (χ0) is 30.9. The highest BCUT2D eigenvalue weighted by atomic mass is 32.3. The maximum Gasteiger partial charge on any atom is 0.261 e. The van der Waals surface area contributed by atoms with E-state index in [2.05, 4.69) is 22.3 Å². The molecule has 1 spiro atoms. The Bertz CT molecular complexity index is 1570. The molecular weight excluding hydrogens is 591 g/mol. The summed E-state index contributed by atoms with van der Waals surface area (Å²) in [6.45, 7) is 7.57. The maximum atomic E-state index is 14.6. The molecule has 2 aromatic carbocycles. The third-order valence-corrected chi connectivity index (χ3v) is 11.7. The highest BCUT2D eigenvalue weighted by Gasteiger charge is 2.45. The molecule has 12 heteroatoms. The van der Waals surface area contributed by atoms with Gasteiger partial charge in [0.15, 0.2) is 10.7 Å². The number of amidine groups is 1. The van der Waals surface area contributed by atoms with E-state index in [0.717, 1.165) is 53.9 Å². The Morgan fingerprint density at radius 3 is 2.58 bits per heavy atom. The lowest BCUT2D eigenvalue weighted by molar-refractivity contribution is -0.134. The van der Waals surface area contributed by atoms with Crippen LogP contribution in [0.15, 0.2) is 58.6 Å². The smallest absolute Gasteiger partial charge is 0.261 e. The van der Waals surface area contributed by atoms with Crippen molar-refractivity contribution in [2.45, 2.75) is 69.2 Å². The SMILES string of the molecule is CC[S+](=O)(O)c1ccc(CNC(=O)c2cc3c(s2)C2(CCN(C(C)c4ccc(/C(N)=N\O)c(F)c4)CC2)O[C@@H](C)C3)cc1. The standard InChI is InChI=1S/C31H37FN4O5S2/c1-4-43(39,40)24-8-5-21(6-9-24)18-34-30(37)27-17-23-15-19(2)41-31(28(23)42-27)11-13-36(14-12-31)20(3)22-7-10-25(26(32)16-22)29(33)35-38/h5-10,16-17,19-20H,4,11-15,18H2,1-3H3,(H4-,33,34,35,37,38,39,40)/p+1/t19-,20?/m0/s1. The van der Waals surface area contributed by atoms with Crippen molar-refractivity contribution >= 4 is 33.3 Å². The Kier molecular flexibility index (Phi) is 9.05. The van der Waals surface area contributed by atoms with Gasteiger partial charge in [0, 0.05) is 30.6 Å². The van der Waals surface area contributed by atoms with E-state index in [-0.39, 0.29) is 35.2 Å². The minimum absolute atomic E-state index is 0.0192. The molecule has 3 aromatic rings. The van der Waals surface area contributed by atoms with Gasteiger partial charge in [0.25, 0.3) is 5.91 Å². The number of thiophene rings is 1. The number of halogens is 1. The van der Waals surface area contributed by atoms with E-state index in [1.165, 1.54) is 23.5 Å². The summed E-state index contributed by atoms with van der Waals surface area (Å²) in [6, 6.07) is 13.5. The van der Waals surface area contributed by atoms with E-state index in [1.807, 2.05) is 13.0 Å². The summed E-state index contributed by atoms with van der Waals surface area (Å²) in [7, 11) is -3.02. The fourth-order valence-corrected chi connectivity index (χ4v) is 8.20. The van der Waals surface area contributed by atoms with E-state index < -0.39 is 21.6 Å². The number of piperidine rings is 1. The number of amides is 1. The largest absolute Gasteiger partial charge is 0.409 e. The Morgan fingerprint density at radius 2 is 1.95 bits per heavy atom. The predicted octanol–water partition coefficient (Wildman–Crippen LogP) is 5.28. The molecule has 3 heterocycles. The van der Waals surface area contributed by atoms with Gasteiger partial charge in [-0.15, -0.1) is 11.3 Å². The second kappa shape index (κ2) is 12.4. The van der Waals surface area contributed by atoms with Crippen LogP contribution in [0.4, 0.5) is 4.39 Å². The van der Waals surface area contributed by atoms with Gasteiger partial charge in [-0.05, 0) is 87.1 Å². The summed E-state index contributed by atoms with van der Waals surface area (Å²) in [4.78, 5) is 17.6. The number of nitrogens with two attached hydrogens (primary N) is 1. The van der Waals surface area contributed by atoms with Crippen molar-refractivity contribution in [1.82, 2.24) is 10.2 Å². The number of oxime groups is 1. The van der Waals surface area contributed by atoms with Crippen molar-refractivity contribution in [2.75, 3.05) is 18.8 Å². The summed E-state index contributed by atoms with van der Waals surface area (Å²) in [5.41, 5.74) is 7.97. The zero-order valence-electron chi connectivity index (χ0n) is 24.5. The number of nitrogens with zero attached hydrogens (tertiary/aromatic N) is 2. The number of fused-ring (bicyclic) bond motifs is 2. The number of nitrogens with one attached hydrogen (secondary N) is 1. The first kappa shape index (κ1) is 31.3. The average molecular weight is 630 g/mol. The van der Waals surface area contributed by atoms with Crippen molar-refractivity contribution in [1.29, 1.82) is 0 Å². The minimum Gasteiger partial charge on any atom is -0.409 e. The molecule has 2 aliphatic rings. The molecule has 43 heavy (non-hydrogen) atoms. The third kappa shape index (κ3) is 6.39. The van der Waals surface area contributed by atoms with Gasteiger partial charge in [-0.25, -0.2) is 4.39 Å². The minimum atomic E-state index is -3.02. The van der Waals surface area contributed by atoms with Gasteiger partial charge in [-0.2, -0.15) is 4.55 Å². The lowest BCUT2D eigenvalue weighted by Gasteiger charge is -2.47. The quantitative estimate of drug-likeness (QED) is 0.0875. The van der Waals surface area contributed by atoms with E-state index >= 15 is 0 Å². The van der Waals surface area contributed by atoms with Gasteiger partial charge in [-0.3, -0.25) is 9.69 Å². The first-order valence-corrected chi connectivity index (χ1v) is 16.9. The Morgan fingerprint density at radius 1 is 1.26 bits per heavy atom. The lowest BCUT2D eigenvalue weighted by Crippen LogP contribution is -2.48. The number of carbonyl (C=O) groups excluding carboxylic acids is 1. The Labute approximate surface area is 256 Å². The normalized spacial score (nSPS) is 20.8. The summed E-state index contributed by atoms with van der Waals surface area (Å²) in [5, 5.41) is 14.8. The number of benzene rings is 2. The average Bonchev–Trinajstić information content (AvgIpc) is 3.45. The van der Waals surface area contributed by atoms with Gasteiger partial charge in [0.2, 0.25) is 10.2 Å². The van der Waals surface area contributed by atoms with Gasteiger partial charge < -0.3 is 21.0 Å². The molecule has 0 radical (unpaired) electrons. The molecule has 5 rings (SSSR count). The third-order valence-electron chi connectivity index (χ3n) is 8.53. The Hall–Kier alpha value is -3.16. The maximum absolute atomic E-state index is 14.6. The highest BCUT2D eigenvalue weighted by molar-refractivity contribution is 7.97. The molecule has 0 bridgehead atoms. The lowest BCUT2D eigenvalue weighted by atomic mass is 9.83. The topological polar surface area (TPSA) is 137 Å². The van der Waals surface area contributed by atoms with Gasteiger partial charge >= 0.3 is 0 Å². The number of likely N-dealkylation sites (tertiary alicyclic amines) is 1. The van der Waals surface area contributed by atoms with E-state index in [9.17, 15) is 17.9 Å². The second-order valence-electron chi connectivity index (χ2n) is 11.3. The molecule has 1 saturated heterocycles. The summed E-state index contributed by atoms with van der Waals surface area (Å²) in [5.74, 6) is -0.801. The van der Waals surface area contributed by atoms with Gasteiger partial charge in [0.1, 0.15) is 17.2 Å². The van der Waals surface area contributed by atoms with Crippen molar-refractivity contribution in [3.63, 3.8) is 0 Å². The van der Waals surface area contributed by atoms with Crippen LogP contribution in [0, 0.1) is 5.82 Å². The molecule has 2 unspecified atom stereocenters. The van der Waals surface area contributed by atoms with Gasteiger partial charge in [-0.1, -0.05) is 27.6 Å². The highest BCUT2D eigenvalue weighted by Crippen LogP contribution is 2.48. The van der Waals surface area contributed by atoms with Crippen LogP contribution in [-0.2, 0) is 37.7 Å². The van der Waals surface area contributed by atoms with Crippen LogP contribution in [-0.4, -0.2) is 51.3 Å². The van der Waals surface area contributed by atoms with Crippen LogP contribution in [0.25, 0.3) is 0 Å². The van der Waals surface area contributed by atoms with Crippen LogP contribution < -0.4 is 11.1 Å². The Balaban J connectivity index is 1.26. The molecule has 230 valence electrons. The van der Waals surface area contributed by atoms with Crippen LogP contribution in [0.1, 0.15) is 76.5 Å². The molecule has 1 amide bonds. The summed E-state index contributed by atoms with van der Waals surface area (Å²) < 4.78 is 43.4. The fourth-order valence-electron chi connectivity index (χ4n) is 6.01. The molecule has 9 nitrogen and oxygen atoms in total. The molecule has 1 fully saturated rings. The van der Waals surface area contributed by atoms with Crippen molar-refractivity contribution in [3.05, 3.63) is 86.4 Å². The summed E-state index contributed by atoms with van der Waals surface area (Å²) >= 11 is 1.49. The molecule has 1 aromatic heterocycles. The van der Waals surface area contributed by atoms with Crippen LogP contribution in [0.3, 0.4) is 0 Å². The van der Waals surface area contributed by atoms with Crippen molar-refractivity contribution < 1.29 is 27.9 Å². The number of hydrogen-bond donors (Lipinski definition) is 4. The molecule has 2 aliphatic heterocycles. The molecular formula is C31H38FN4O5S2+. The number of rotatable bonds is 8. The van der Waals surface area contributed by atoms with Crippen molar-refractivity contribution in [3.8, 4) is 0 Å². The van der Waals surface area contributed by atoms with Crippen LogP contribution in [0.2, 0.25) is 0 Å². The predicted molar refractivity (Wildman–Crippen MR) is 165 cm³/mol. The zero-order valence-corrected chi connectivity index (χ0v) is 26.1. The number of hydrogen-bond acceptors (Lipinski definition) is 7. The second-order valence-corrected chi connectivity index (χ2v) is 14.7. The molecule has 0 saturated carbocycles. The van der Waals surface area contributed by atoms with Crippen molar-refractivity contribution in [2.24, 2.45) is 10.9 Å². The van der Waals surface area contributed by atoms with Crippen LogP contribution >= 0.6 is 11.3 Å². The number of carbonyl (C=O) groups is 1. The van der Waals surface area contributed by atoms with E-state index in [4.69, 9.17) is 15.7 Å². The summed E-state index contributed by atoms with van der Waals surface area (Å²) in [6.07, 6.45) is 2.26. The van der Waals surface area contributed by atoms with Crippen LogP contribution in [0.5, 0.6) is 0 Å². The first-order chi connectivity index (χ1) is 20.5. The van der Waals surface area contributed by atoms with Gasteiger partial charge in [0.05, 0.1) is 16.5 Å².